The van der Waals surface area contributed by atoms with E-state index in [2.05, 4.69) is 38.2 Å². The van der Waals surface area contributed by atoms with Gasteiger partial charge in [-0.2, -0.15) is 0 Å². The quantitative estimate of drug-likeness (QED) is 0.655. The molecule has 0 saturated carbocycles. The van der Waals surface area contributed by atoms with Gasteiger partial charge in [-0.05, 0) is 51.3 Å². The van der Waals surface area contributed by atoms with Crippen molar-refractivity contribution in [2.24, 2.45) is 0 Å². The van der Waals surface area contributed by atoms with E-state index < -0.39 is 0 Å². The van der Waals surface area contributed by atoms with Gasteiger partial charge in [-0.25, -0.2) is 0 Å². The molecule has 0 saturated heterocycles. The molecule has 1 aromatic heterocycles. The van der Waals surface area contributed by atoms with Crippen molar-refractivity contribution in [3.8, 4) is 0 Å². The van der Waals surface area contributed by atoms with E-state index in [1.807, 2.05) is 11.3 Å². The van der Waals surface area contributed by atoms with Crippen molar-refractivity contribution in [1.82, 2.24) is 5.32 Å². The lowest BCUT2D eigenvalue weighted by Crippen LogP contribution is -2.31. The monoisotopic (exact) mass is 269 g/mol. The summed E-state index contributed by atoms with van der Waals surface area (Å²) in [6, 6.07) is 5.15. The van der Waals surface area contributed by atoms with Gasteiger partial charge in [0.1, 0.15) is 0 Å². The summed E-state index contributed by atoms with van der Waals surface area (Å²) in [5.41, 5.74) is 0. The van der Waals surface area contributed by atoms with Crippen molar-refractivity contribution >= 4 is 11.3 Å². The Morgan fingerprint density at radius 1 is 1.22 bits per heavy atom. The molecule has 1 atom stereocenters. The molecule has 2 nitrogen and oxygen atoms in total. The van der Waals surface area contributed by atoms with Gasteiger partial charge in [-0.1, -0.05) is 13.8 Å². The van der Waals surface area contributed by atoms with Crippen LogP contribution in [0.4, 0.5) is 0 Å². The van der Waals surface area contributed by atoms with Gasteiger partial charge < -0.3 is 10.1 Å². The summed E-state index contributed by atoms with van der Waals surface area (Å²) in [6.45, 7) is 9.23. The minimum absolute atomic E-state index is 0.596. The number of likely N-dealkylation sites (N-methyl/N-ethyl adjacent to an activating group) is 1. The standard InChI is InChI=1S/C15H27NOS/c1-4-14-9-10-15(18-14)12-13(16-5-2)8-7-11-17-6-3/h9-10,13,16H,4-8,11-12H2,1-3H3. The fourth-order valence-corrected chi connectivity index (χ4v) is 3.14. The number of hydrogen-bond acceptors (Lipinski definition) is 3. The summed E-state index contributed by atoms with van der Waals surface area (Å²) < 4.78 is 5.41. The first-order valence-electron chi connectivity index (χ1n) is 7.18. The van der Waals surface area contributed by atoms with E-state index in [0.29, 0.717) is 6.04 Å². The third-order valence-corrected chi connectivity index (χ3v) is 4.30. The topological polar surface area (TPSA) is 21.3 Å². The maximum atomic E-state index is 5.41. The molecule has 1 aromatic rings. The molecule has 0 spiro atoms. The molecule has 0 aliphatic carbocycles. The van der Waals surface area contributed by atoms with Gasteiger partial charge >= 0.3 is 0 Å². The summed E-state index contributed by atoms with van der Waals surface area (Å²) in [6.07, 6.45) is 4.66. The Labute approximate surface area is 116 Å². The number of ether oxygens (including phenoxy) is 1. The highest BCUT2D eigenvalue weighted by Gasteiger charge is 2.09. The molecule has 0 bridgehead atoms. The van der Waals surface area contributed by atoms with Crippen LogP contribution >= 0.6 is 11.3 Å². The summed E-state index contributed by atoms with van der Waals surface area (Å²) in [5, 5.41) is 3.59. The molecule has 104 valence electrons. The van der Waals surface area contributed by atoms with Crippen LogP contribution in [0.5, 0.6) is 0 Å². The number of rotatable bonds is 10. The van der Waals surface area contributed by atoms with Crippen LogP contribution in [0.1, 0.15) is 43.4 Å². The van der Waals surface area contributed by atoms with Gasteiger partial charge in [0.05, 0.1) is 0 Å². The van der Waals surface area contributed by atoms with E-state index >= 15 is 0 Å². The van der Waals surface area contributed by atoms with E-state index in [1.165, 1.54) is 16.2 Å². The van der Waals surface area contributed by atoms with E-state index in [4.69, 9.17) is 4.74 Å². The maximum absolute atomic E-state index is 5.41. The van der Waals surface area contributed by atoms with Crippen LogP contribution in [-0.4, -0.2) is 25.8 Å². The number of aryl methyl sites for hydroxylation is 1. The summed E-state index contributed by atoms with van der Waals surface area (Å²) in [5.74, 6) is 0. The van der Waals surface area contributed by atoms with Crippen LogP contribution in [-0.2, 0) is 17.6 Å². The first-order chi connectivity index (χ1) is 8.80. The third-order valence-electron chi connectivity index (χ3n) is 3.05. The van der Waals surface area contributed by atoms with E-state index in [9.17, 15) is 0 Å². The zero-order valence-electron chi connectivity index (χ0n) is 12.0. The van der Waals surface area contributed by atoms with Crippen molar-refractivity contribution in [2.45, 2.75) is 52.5 Å². The second kappa shape index (κ2) is 9.54. The van der Waals surface area contributed by atoms with E-state index in [1.54, 1.807) is 0 Å². The van der Waals surface area contributed by atoms with Gasteiger partial charge in [-0.15, -0.1) is 11.3 Å². The van der Waals surface area contributed by atoms with Gasteiger partial charge in [0.15, 0.2) is 0 Å². The molecule has 18 heavy (non-hydrogen) atoms. The molecule has 1 N–H and O–H groups in total. The Morgan fingerprint density at radius 2 is 2.00 bits per heavy atom. The van der Waals surface area contributed by atoms with Crippen molar-refractivity contribution in [2.75, 3.05) is 19.8 Å². The molecule has 0 radical (unpaired) electrons. The molecule has 1 heterocycles. The summed E-state index contributed by atoms with van der Waals surface area (Å²) in [4.78, 5) is 3.00. The molecular formula is C15H27NOS. The second-order valence-corrected chi connectivity index (χ2v) is 5.77. The molecule has 0 aliphatic rings. The van der Waals surface area contributed by atoms with Crippen molar-refractivity contribution in [3.05, 3.63) is 21.9 Å². The lowest BCUT2D eigenvalue weighted by atomic mass is 10.1. The van der Waals surface area contributed by atoms with E-state index in [0.717, 1.165) is 39.0 Å². The van der Waals surface area contributed by atoms with Crippen LogP contribution in [0.2, 0.25) is 0 Å². The lowest BCUT2D eigenvalue weighted by molar-refractivity contribution is 0.141. The highest BCUT2D eigenvalue weighted by atomic mass is 32.1. The largest absolute Gasteiger partial charge is 0.382 e. The smallest absolute Gasteiger partial charge is 0.0466 e. The first kappa shape index (κ1) is 15.7. The second-order valence-electron chi connectivity index (χ2n) is 4.52. The normalized spacial score (nSPS) is 12.8. The molecule has 0 fully saturated rings. The highest BCUT2D eigenvalue weighted by molar-refractivity contribution is 7.11. The van der Waals surface area contributed by atoms with Crippen LogP contribution in [0, 0.1) is 0 Å². The van der Waals surface area contributed by atoms with Crippen LogP contribution in [0.3, 0.4) is 0 Å². The average molecular weight is 269 g/mol. The Bertz CT molecular complexity index is 311. The Kier molecular flexibility index (Phi) is 8.31. The third kappa shape index (κ3) is 5.98. The Morgan fingerprint density at radius 3 is 2.61 bits per heavy atom. The minimum atomic E-state index is 0.596. The van der Waals surface area contributed by atoms with Crippen LogP contribution in [0.25, 0.3) is 0 Å². The molecule has 0 aromatic carbocycles. The molecule has 1 unspecified atom stereocenters. The zero-order chi connectivity index (χ0) is 13.2. The zero-order valence-corrected chi connectivity index (χ0v) is 12.8. The number of thiophene rings is 1. The van der Waals surface area contributed by atoms with Gasteiger partial charge in [-0.3, -0.25) is 0 Å². The summed E-state index contributed by atoms with van der Waals surface area (Å²) >= 11 is 1.96. The minimum Gasteiger partial charge on any atom is -0.382 e. The van der Waals surface area contributed by atoms with Crippen molar-refractivity contribution in [1.29, 1.82) is 0 Å². The van der Waals surface area contributed by atoms with Gasteiger partial charge in [0.25, 0.3) is 0 Å². The average Bonchev–Trinajstić information content (AvgIpc) is 2.82. The molecule has 3 heteroatoms. The van der Waals surface area contributed by atoms with E-state index in [-0.39, 0.29) is 0 Å². The Hall–Kier alpha value is -0.380. The number of nitrogens with one attached hydrogen (secondary N) is 1. The SMILES string of the molecule is CCNC(CCCOCC)Cc1ccc(CC)s1. The highest BCUT2D eigenvalue weighted by Crippen LogP contribution is 2.19. The molecular weight excluding hydrogens is 242 g/mol. The lowest BCUT2D eigenvalue weighted by Gasteiger charge is -2.17. The molecule has 0 aliphatic heterocycles. The fourth-order valence-electron chi connectivity index (χ4n) is 2.11. The van der Waals surface area contributed by atoms with Crippen LogP contribution < -0.4 is 5.32 Å². The Balaban J connectivity index is 2.36. The number of hydrogen-bond donors (Lipinski definition) is 1. The summed E-state index contributed by atoms with van der Waals surface area (Å²) in [7, 11) is 0. The van der Waals surface area contributed by atoms with Crippen LogP contribution in [0.15, 0.2) is 12.1 Å². The van der Waals surface area contributed by atoms with Gasteiger partial charge in [0.2, 0.25) is 0 Å². The van der Waals surface area contributed by atoms with Gasteiger partial charge in [0, 0.05) is 29.0 Å². The fraction of sp³-hybridized carbons (Fsp3) is 0.733. The molecule has 0 amide bonds. The van der Waals surface area contributed by atoms with Crippen molar-refractivity contribution in [3.63, 3.8) is 0 Å². The first-order valence-corrected chi connectivity index (χ1v) is 8.00. The predicted molar refractivity (Wildman–Crippen MR) is 80.6 cm³/mol. The maximum Gasteiger partial charge on any atom is 0.0466 e. The predicted octanol–water partition coefficient (Wildman–Crippen LogP) is 3.65. The van der Waals surface area contributed by atoms with Crippen molar-refractivity contribution < 1.29 is 4.74 Å². The molecule has 1 rings (SSSR count).